The minimum Gasteiger partial charge on any atom is -0.284 e. The molecule has 0 aliphatic rings. The molecular formula is C20H33N3OS. The zero-order valence-electron chi connectivity index (χ0n) is 15.5. The second-order valence-electron chi connectivity index (χ2n) is 6.06. The first-order valence-corrected chi connectivity index (χ1v) is 10.5. The van der Waals surface area contributed by atoms with Crippen LogP contribution in [0.5, 0.6) is 0 Å². The molecule has 0 aromatic carbocycles. The van der Waals surface area contributed by atoms with Gasteiger partial charge in [-0.05, 0) is 44.9 Å². The summed E-state index contributed by atoms with van der Waals surface area (Å²) in [4.78, 5) is 13.5. The van der Waals surface area contributed by atoms with Crippen LogP contribution in [0.1, 0.15) is 71.1 Å². The molecule has 0 aliphatic heterocycles. The van der Waals surface area contributed by atoms with Crippen molar-refractivity contribution in [3.63, 3.8) is 0 Å². The van der Waals surface area contributed by atoms with Crippen molar-refractivity contribution >= 4 is 11.8 Å². The van der Waals surface area contributed by atoms with Gasteiger partial charge in [-0.2, -0.15) is 0 Å². The second kappa shape index (κ2) is 16.0. The lowest BCUT2D eigenvalue weighted by Gasteiger charge is -1.97. The van der Waals surface area contributed by atoms with Crippen molar-refractivity contribution in [3.8, 4) is 0 Å². The van der Waals surface area contributed by atoms with Crippen LogP contribution in [-0.2, 0) is 0 Å². The number of aromatic amines is 2. The van der Waals surface area contributed by atoms with Gasteiger partial charge in [0.05, 0.1) is 0 Å². The van der Waals surface area contributed by atoms with Gasteiger partial charge in [-0.3, -0.25) is 4.98 Å². The van der Waals surface area contributed by atoms with Crippen LogP contribution in [0, 0.1) is 0 Å². The zero-order valence-corrected chi connectivity index (χ0v) is 16.3. The molecule has 0 radical (unpaired) electrons. The lowest BCUT2D eigenvalue weighted by molar-refractivity contribution is 0.728. The van der Waals surface area contributed by atoms with E-state index in [1.807, 2.05) is 0 Å². The summed E-state index contributed by atoms with van der Waals surface area (Å²) in [5.74, 6) is 0.999. The van der Waals surface area contributed by atoms with Crippen molar-refractivity contribution in [1.82, 2.24) is 15.2 Å². The van der Waals surface area contributed by atoms with Crippen molar-refractivity contribution in [3.05, 3.63) is 46.9 Å². The maximum atomic E-state index is 10.9. The van der Waals surface area contributed by atoms with E-state index in [1.54, 1.807) is 11.8 Å². The molecule has 0 unspecified atom stereocenters. The van der Waals surface area contributed by atoms with E-state index in [0.29, 0.717) is 5.16 Å². The number of hydrogen-bond acceptors (Lipinski definition) is 3. The standard InChI is InChI=1S/C20H33N3OS/c1-2-3-4-5-6-7-8-9-10-11-12-13-14-15-16-17-18-25-20-21-19(24)22-23-20/h6-7,9-10,12-13H,2-5,8,11,14-18H2,1H3,(H2,21,22,23,24)/b7-6-,10-9-,13-12-. The van der Waals surface area contributed by atoms with Crippen molar-refractivity contribution in [2.45, 2.75) is 76.3 Å². The number of nitrogens with zero attached hydrogens (tertiary/aromatic N) is 1. The number of unbranched alkanes of at least 4 members (excludes halogenated alkanes) is 6. The maximum Gasteiger partial charge on any atom is 0.341 e. The van der Waals surface area contributed by atoms with Crippen LogP contribution >= 0.6 is 11.8 Å². The van der Waals surface area contributed by atoms with Gasteiger partial charge in [0.1, 0.15) is 0 Å². The molecule has 0 saturated heterocycles. The fourth-order valence-corrected chi connectivity index (χ4v) is 3.14. The molecule has 0 amide bonds. The topological polar surface area (TPSA) is 61.5 Å². The molecule has 25 heavy (non-hydrogen) atoms. The van der Waals surface area contributed by atoms with Gasteiger partial charge in [-0.15, -0.1) is 5.10 Å². The van der Waals surface area contributed by atoms with Crippen LogP contribution in [0.2, 0.25) is 0 Å². The smallest absolute Gasteiger partial charge is 0.284 e. The third-order valence-electron chi connectivity index (χ3n) is 3.75. The predicted molar refractivity (Wildman–Crippen MR) is 109 cm³/mol. The SMILES string of the molecule is CCCCC/C=C\C/C=C\C/C=C\CCCCCSc1n[nH]c(=O)[nH]1. The quantitative estimate of drug-likeness (QED) is 0.236. The van der Waals surface area contributed by atoms with E-state index in [9.17, 15) is 4.79 Å². The Hall–Kier alpha value is -1.49. The van der Waals surface area contributed by atoms with Gasteiger partial charge in [0.15, 0.2) is 5.16 Å². The summed E-state index contributed by atoms with van der Waals surface area (Å²) in [6.07, 6.45) is 25.6. The van der Waals surface area contributed by atoms with Gasteiger partial charge in [-0.25, -0.2) is 9.89 Å². The van der Waals surface area contributed by atoms with Crippen LogP contribution < -0.4 is 5.69 Å². The average Bonchev–Trinajstić information content (AvgIpc) is 3.03. The summed E-state index contributed by atoms with van der Waals surface area (Å²) in [7, 11) is 0. The highest BCUT2D eigenvalue weighted by molar-refractivity contribution is 7.99. The summed E-state index contributed by atoms with van der Waals surface area (Å²) in [5.41, 5.74) is -0.232. The Bertz CT molecular complexity index is 557. The van der Waals surface area contributed by atoms with E-state index >= 15 is 0 Å². The minimum absolute atomic E-state index is 0.232. The first-order valence-electron chi connectivity index (χ1n) is 9.55. The number of rotatable bonds is 15. The Morgan fingerprint density at radius 1 is 0.880 bits per heavy atom. The van der Waals surface area contributed by atoms with Crippen LogP contribution in [0.3, 0.4) is 0 Å². The molecule has 1 rings (SSSR count). The molecule has 0 bridgehead atoms. The van der Waals surface area contributed by atoms with Gasteiger partial charge < -0.3 is 0 Å². The van der Waals surface area contributed by atoms with Crippen LogP contribution in [0.15, 0.2) is 46.4 Å². The van der Waals surface area contributed by atoms with Gasteiger partial charge in [-0.1, -0.05) is 74.4 Å². The molecule has 2 N–H and O–H groups in total. The summed E-state index contributed by atoms with van der Waals surface area (Å²) < 4.78 is 0. The summed E-state index contributed by atoms with van der Waals surface area (Å²) in [5, 5.41) is 6.94. The van der Waals surface area contributed by atoms with E-state index < -0.39 is 0 Å². The van der Waals surface area contributed by atoms with Crippen LogP contribution in [0.25, 0.3) is 0 Å². The number of thioether (sulfide) groups is 1. The minimum atomic E-state index is -0.232. The molecule has 0 fully saturated rings. The number of allylic oxidation sites excluding steroid dienone is 6. The Labute approximate surface area is 156 Å². The normalized spacial score (nSPS) is 12.2. The first-order chi connectivity index (χ1) is 12.3. The van der Waals surface area contributed by atoms with Crippen molar-refractivity contribution in [1.29, 1.82) is 0 Å². The highest BCUT2D eigenvalue weighted by atomic mass is 32.2. The summed E-state index contributed by atoms with van der Waals surface area (Å²) >= 11 is 1.60. The lowest BCUT2D eigenvalue weighted by Crippen LogP contribution is -2.00. The van der Waals surface area contributed by atoms with Gasteiger partial charge in [0.2, 0.25) is 0 Å². The third kappa shape index (κ3) is 13.5. The summed E-state index contributed by atoms with van der Waals surface area (Å²) in [6.45, 7) is 2.24. The van der Waals surface area contributed by atoms with E-state index in [0.717, 1.165) is 31.4 Å². The average molecular weight is 364 g/mol. The molecule has 0 atom stereocenters. The van der Waals surface area contributed by atoms with Gasteiger partial charge >= 0.3 is 5.69 Å². The monoisotopic (exact) mass is 363 g/mol. The Morgan fingerprint density at radius 2 is 1.52 bits per heavy atom. The maximum absolute atomic E-state index is 10.9. The second-order valence-corrected chi connectivity index (χ2v) is 7.15. The molecular weight excluding hydrogens is 330 g/mol. The molecule has 0 spiro atoms. The van der Waals surface area contributed by atoms with E-state index in [4.69, 9.17) is 0 Å². The fraction of sp³-hybridized carbons (Fsp3) is 0.600. The molecule has 1 aromatic rings. The van der Waals surface area contributed by atoms with Gasteiger partial charge in [0.25, 0.3) is 0 Å². The lowest BCUT2D eigenvalue weighted by atomic mass is 10.2. The van der Waals surface area contributed by atoms with Crippen molar-refractivity contribution in [2.24, 2.45) is 0 Å². The number of H-pyrrole nitrogens is 2. The molecule has 1 aromatic heterocycles. The molecule has 5 heteroatoms. The molecule has 4 nitrogen and oxygen atoms in total. The number of nitrogens with one attached hydrogen (secondary N) is 2. The third-order valence-corrected chi connectivity index (χ3v) is 4.71. The van der Waals surface area contributed by atoms with Crippen molar-refractivity contribution < 1.29 is 0 Å². The molecule has 0 saturated carbocycles. The Kier molecular flexibility index (Phi) is 13.8. The van der Waals surface area contributed by atoms with Crippen molar-refractivity contribution in [2.75, 3.05) is 5.75 Å². The first kappa shape index (κ1) is 21.6. The van der Waals surface area contributed by atoms with Crippen LogP contribution in [-0.4, -0.2) is 20.9 Å². The largest absolute Gasteiger partial charge is 0.341 e. The number of aromatic nitrogens is 3. The van der Waals surface area contributed by atoms with Crippen LogP contribution in [0.4, 0.5) is 0 Å². The van der Waals surface area contributed by atoms with E-state index in [1.165, 1.54) is 38.5 Å². The zero-order chi connectivity index (χ0) is 18.0. The Balaban J connectivity index is 1.86. The van der Waals surface area contributed by atoms with Gasteiger partial charge in [0, 0.05) is 5.75 Å². The molecule has 140 valence electrons. The van der Waals surface area contributed by atoms with E-state index in [2.05, 4.69) is 58.6 Å². The Morgan fingerprint density at radius 3 is 2.12 bits per heavy atom. The fourth-order valence-electron chi connectivity index (χ4n) is 2.32. The van der Waals surface area contributed by atoms with E-state index in [-0.39, 0.29) is 5.69 Å². The number of hydrogen-bond donors (Lipinski definition) is 2. The predicted octanol–water partition coefficient (Wildman–Crippen LogP) is 5.78. The highest BCUT2D eigenvalue weighted by Gasteiger charge is 1.97. The molecule has 1 heterocycles. The molecule has 0 aliphatic carbocycles. The summed E-state index contributed by atoms with van der Waals surface area (Å²) in [6, 6.07) is 0. The highest BCUT2D eigenvalue weighted by Crippen LogP contribution is 2.13.